The summed E-state index contributed by atoms with van der Waals surface area (Å²) in [5, 5.41) is 3.85. The first kappa shape index (κ1) is 16.3. The molecular weight excluding hydrogens is 246 g/mol. The van der Waals surface area contributed by atoms with Gasteiger partial charge in [0, 0.05) is 12.6 Å². The Labute approximate surface area is 126 Å². The highest BCUT2D eigenvalue weighted by molar-refractivity contribution is 4.97. The largest absolute Gasteiger partial charge is 0.375 e. The van der Waals surface area contributed by atoms with Crippen LogP contribution in [0.4, 0.5) is 0 Å². The lowest BCUT2D eigenvalue weighted by atomic mass is 9.68. The first-order chi connectivity index (χ1) is 9.74. The van der Waals surface area contributed by atoms with Gasteiger partial charge in [-0.25, -0.2) is 0 Å². The lowest BCUT2D eigenvalue weighted by molar-refractivity contribution is -0.149. The molecule has 2 nitrogen and oxygen atoms in total. The lowest BCUT2D eigenvalue weighted by Gasteiger charge is -2.50. The van der Waals surface area contributed by atoms with E-state index in [4.69, 9.17) is 4.74 Å². The highest BCUT2D eigenvalue weighted by Crippen LogP contribution is 2.46. The van der Waals surface area contributed by atoms with E-state index in [1.165, 1.54) is 57.8 Å². The third-order valence-electron chi connectivity index (χ3n) is 5.57. The minimum atomic E-state index is 0.291. The molecule has 1 N–H and O–H groups in total. The molecule has 118 valence electrons. The standard InChI is InChI=1S/C18H35NO/c1-4-8-15(9-5-2)17(19-6-3)16-10-13-20-18(14-16)11-7-12-18/h15-17,19H,4-14H2,1-3H3. The molecule has 2 rings (SSSR count). The summed E-state index contributed by atoms with van der Waals surface area (Å²) < 4.78 is 6.13. The highest BCUT2D eigenvalue weighted by atomic mass is 16.5. The van der Waals surface area contributed by atoms with E-state index < -0.39 is 0 Å². The molecule has 0 aromatic rings. The van der Waals surface area contributed by atoms with Crippen LogP contribution in [0.25, 0.3) is 0 Å². The lowest BCUT2D eigenvalue weighted by Crippen LogP contribution is -2.52. The van der Waals surface area contributed by atoms with Crippen molar-refractivity contribution in [2.75, 3.05) is 13.2 Å². The predicted octanol–water partition coefficient (Wildman–Crippen LogP) is 4.53. The van der Waals surface area contributed by atoms with Crippen LogP contribution in [0, 0.1) is 11.8 Å². The molecule has 0 amide bonds. The zero-order chi connectivity index (χ0) is 14.4. The molecule has 0 aromatic heterocycles. The molecule has 2 fully saturated rings. The molecule has 1 heterocycles. The van der Waals surface area contributed by atoms with E-state index in [-0.39, 0.29) is 0 Å². The Morgan fingerprint density at radius 1 is 1.15 bits per heavy atom. The van der Waals surface area contributed by atoms with E-state index >= 15 is 0 Å². The van der Waals surface area contributed by atoms with E-state index in [0.717, 1.165) is 31.0 Å². The molecule has 1 aliphatic heterocycles. The molecule has 1 saturated carbocycles. The fourth-order valence-electron chi connectivity index (χ4n) is 4.49. The predicted molar refractivity (Wildman–Crippen MR) is 86.0 cm³/mol. The van der Waals surface area contributed by atoms with Crippen molar-refractivity contribution < 1.29 is 4.74 Å². The fraction of sp³-hybridized carbons (Fsp3) is 1.00. The topological polar surface area (TPSA) is 21.3 Å². The second-order valence-electron chi connectivity index (χ2n) is 7.06. The summed E-state index contributed by atoms with van der Waals surface area (Å²) in [6, 6.07) is 0.723. The minimum Gasteiger partial charge on any atom is -0.375 e. The summed E-state index contributed by atoms with van der Waals surface area (Å²) >= 11 is 0. The van der Waals surface area contributed by atoms with Crippen LogP contribution < -0.4 is 5.32 Å². The third kappa shape index (κ3) is 3.76. The monoisotopic (exact) mass is 281 g/mol. The summed E-state index contributed by atoms with van der Waals surface area (Å²) in [5.41, 5.74) is 0.291. The maximum absolute atomic E-state index is 6.13. The molecule has 0 radical (unpaired) electrons. The smallest absolute Gasteiger partial charge is 0.0685 e. The van der Waals surface area contributed by atoms with Crippen molar-refractivity contribution in [1.82, 2.24) is 5.32 Å². The Morgan fingerprint density at radius 3 is 2.35 bits per heavy atom. The molecular formula is C18H35NO. The van der Waals surface area contributed by atoms with Gasteiger partial charge in [-0.3, -0.25) is 0 Å². The first-order valence-electron chi connectivity index (χ1n) is 9.12. The van der Waals surface area contributed by atoms with Crippen molar-refractivity contribution in [2.24, 2.45) is 11.8 Å². The van der Waals surface area contributed by atoms with E-state index in [1.807, 2.05) is 0 Å². The Kier molecular flexibility index (Phi) is 6.35. The van der Waals surface area contributed by atoms with E-state index in [2.05, 4.69) is 26.1 Å². The van der Waals surface area contributed by atoms with Gasteiger partial charge < -0.3 is 10.1 Å². The average Bonchev–Trinajstić information content (AvgIpc) is 2.43. The van der Waals surface area contributed by atoms with Crippen LogP contribution in [0.1, 0.15) is 78.6 Å². The van der Waals surface area contributed by atoms with Gasteiger partial charge in [0.25, 0.3) is 0 Å². The molecule has 2 heteroatoms. The highest BCUT2D eigenvalue weighted by Gasteiger charge is 2.45. The SMILES string of the molecule is CCCC(CCC)C(NCC)C1CCOC2(CCC2)C1. The molecule has 1 aliphatic carbocycles. The van der Waals surface area contributed by atoms with Crippen LogP contribution in [0.2, 0.25) is 0 Å². The van der Waals surface area contributed by atoms with E-state index in [9.17, 15) is 0 Å². The molecule has 20 heavy (non-hydrogen) atoms. The maximum Gasteiger partial charge on any atom is 0.0685 e. The van der Waals surface area contributed by atoms with Gasteiger partial charge in [0.2, 0.25) is 0 Å². The first-order valence-corrected chi connectivity index (χ1v) is 9.12. The number of ether oxygens (including phenoxy) is 1. The minimum absolute atomic E-state index is 0.291. The van der Waals surface area contributed by atoms with Crippen molar-refractivity contribution in [3.05, 3.63) is 0 Å². The van der Waals surface area contributed by atoms with Crippen LogP contribution in [-0.2, 0) is 4.74 Å². The number of hydrogen-bond acceptors (Lipinski definition) is 2. The Hall–Kier alpha value is -0.0800. The van der Waals surface area contributed by atoms with Gasteiger partial charge in [-0.15, -0.1) is 0 Å². The number of rotatable bonds is 8. The molecule has 0 aromatic carbocycles. The van der Waals surface area contributed by atoms with Gasteiger partial charge in [0.15, 0.2) is 0 Å². The Bertz CT molecular complexity index is 269. The van der Waals surface area contributed by atoms with Crippen molar-refractivity contribution in [2.45, 2.75) is 90.2 Å². The van der Waals surface area contributed by atoms with Crippen molar-refractivity contribution in [1.29, 1.82) is 0 Å². The van der Waals surface area contributed by atoms with Crippen LogP contribution in [0.5, 0.6) is 0 Å². The van der Waals surface area contributed by atoms with Gasteiger partial charge in [0.1, 0.15) is 0 Å². The molecule has 2 aliphatic rings. The summed E-state index contributed by atoms with van der Waals surface area (Å²) in [5.74, 6) is 1.71. The van der Waals surface area contributed by atoms with E-state index in [0.29, 0.717) is 5.60 Å². The third-order valence-corrected chi connectivity index (χ3v) is 5.57. The maximum atomic E-state index is 6.13. The molecule has 2 unspecified atom stereocenters. The summed E-state index contributed by atoms with van der Waals surface area (Å²) in [6.45, 7) is 9.04. The Morgan fingerprint density at radius 2 is 1.85 bits per heavy atom. The zero-order valence-electron chi connectivity index (χ0n) is 13.9. The second kappa shape index (κ2) is 7.79. The van der Waals surface area contributed by atoms with Gasteiger partial charge in [-0.2, -0.15) is 0 Å². The molecule has 1 saturated heterocycles. The normalized spacial score (nSPS) is 26.7. The van der Waals surface area contributed by atoms with Crippen molar-refractivity contribution >= 4 is 0 Å². The zero-order valence-corrected chi connectivity index (χ0v) is 13.9. The van der Waals surface area contributed by atoms with Crippen LogP contribution in [0.3, 0.4) is 0 Å². The van der Waals surface area contributed by atoms with Gasteiger partial charge in [-0.05, 0) is 63.3 Å². The van der Waals surface area contributed by atoms with Crippen LogP contribution >= 0.6 is 0 Å². The average molecular weight is 281 g/mol. The van der Waals surface area contributed by atoms with Gasteiger partial charge >= 0.3 is 0 Å². The molecule has 1 spiro atoms. The quantitative estimate of drug-likeness (QED) is 0.706. The number of nitrogens with one attached hydrogen (secondary N) is 1. The Balaban J connectivity index is 2.01. The molecule has 0 bridgehead atoms. The van der Waals surface area contributed by atoms with Crippen LogP contribution in [0.15, 0.2) is 0 Å². The van der Waals surface area contributed by atoms with Gasteiger partial charge in [-0.1, -0.05) is 33.6 Å². The summed E-state index contributed by atoms with van der Waals surface area (Å²) in [4.78, 5) is 0. The van der Waals surface area contributed by atoms with Crippen LogP contribution in [-0.4, -0.2) is 24.8 Å². The van der Waals surface area contributed by atoms with E-state index in [1.54, 1.807) is 0 Å². The second-order valence-corrected chi connectivity index (χ2v) is 7.06. The molecule has 2 atom stereocenters. The number of hydrogen-bond donors (Lipinski definition) is 1. The summed E-state index contributed by atoms with van der Waals surface area (Å²) in [6.07, 6.45) is 12.0. The van der Waals surface area contributed by atoms with Gasteiger partial charge in [0.05, 0.1) is 5.60 Å². The fourth-order valence-corrected chi connectivity index (χ4v) is 4.49. The van der Waals surface area contributed by atoms with Crippen molar-refractivity contribution in [3.63, 3.8) is 0 Å². The van der Waals surface area contributed by atoms with Crippen molar-refractivity contribution in [3.8, 4) is 0 Å². The summed E-state index contributed by atoms with van der Waals surface area (Å²) in [7, 11) is 0.